The van der Waals surface area contributed by atoms with Crippen LogP contribution in [0, 0.1) is 16.7 Å². The van der Waals surface area contributed by atoms with Gasteiger partial charge in [-0.1, -0.05) is 0 Å². The first-order valence-corrected chi connectivity index (χ1v) is 7.39. The molecule has 0 bridgehead atoms. The molecule has 0 aromatic heterocycles. The van der Waals surface area contributed by atoms with Gasteiger partial charge < -0.3 is 26.4 Å². The normalized spacial score (nSPS) is 19.5. The number of nitro groups is 1. The number of nitro benzene ring substituents is 1. The minimum atomic E-state index is -0.463. The molecule has 2 heterocycles. The molecule has 6 nitrogen and oxygen atoms in total. The van der Waals surface area contributed by atoms with Gasteiger partial charge in [0.2, 0.25) is 0 Å². The predicted octanol–water partition coefficient (Wildman–Crippen LogP) is -0.420. The lowest BCUT2D eigenvalue weighted by molar-refractivity contribution is -0.917. The van der Waals surface area contributed by atoms with E-state index in [1.807, 2.05) is 6.07 Å². The van der Waals surface area contributed by atoms with Crippen LogP contribution in [-0.4, -0.2) is 48.7 Å². The summed E-state index contributed by atoms with van der Waals surface area (Å²) in [4.78, 5) is 16.0. The van der Waals surface area contributed by atoms with E-state index in [1.165, 1.54) is 30.4 Å². The van der Waals surface area contributed by atoms with Crippen molar-refractivity contribution >= 4 is 17.1 Å². The molecule has 22 heavy (non-hydrogen) atoms. The van der Waals surface area contributed by atoms with Gasteiger partial charge in [-0.2, -0.15) is 0 Å². The van der Waals surface area contributed by atoms with E-state index in [2.05, 4.69) is 9.74 Å². The van der Waals surface area contributed by atoms with E-state index in [1.54, 1.807) is 12.1 Å². The molecule has 1 spiro atoms. The number of nitrogens with zero attached hydrogens (tertiary/aromatic N) is 4. The largest absolute Gasteiger partial charge is 1.00 e. The third-order valence-electron chi connectivity index (χ3n) is 4.84. The Labute approximate surface area is 140 Å². The highest BCUT2D eigenvalue weighted by atomic mass is 79.9. The van der Waals surface area contributed by atoms with Crippen molar-refractivity contribution in [3.63, 3.8) is 0 Å². The van der Waals surface area contributed by atoms with Crippen LogP contribution in [-0.2, 0) is 0 Å². The third kappa shape index (κ3) is 3.08. The zero-order valence-corrected chi connectivity index (χ0v) is 14.0. The van der Waals surface area contributed by atoms with Crippen LogP contribution in [0.25, 0.3) is 4.85 Å². The van der Waals surface area contributed by atoms with Gasteiger partial charge in [-0.05, 0) is 12.1 Å². The minimum Gasteiger partial charge on any atom is -1.00 e. The third-order valence-corrected chi connectivity index (χ3v) is 4.84. The highest BCUT2D eigenvalue weighted by Crippen LogP contribution is 2.33. The van der Waals surface area contributed by atoms with Crippen LogP contribution < -0.4 is 21.9 Å². The molecule has 1 aromatic carbocycles. The van der Waals surface area contributed by atoms with Gasteiger partial charge in [-0.3, -0.25) is 10.1 Å². The molecule has 3 rings (SSSR count). The molecule has 2 aliphatic rings. The van der Waals surface area contributed by atoms with E-state index >= 15 is 0 Å². The fraction of sp³-hybridized carbons (Fsp3) is 0.533. The lowest BCUT2D eigenvalue weighted by Gasteiger charge is -2.42. The molecule has 2 saturated heterocycles. The lowest BCUT2D eigenvalue weighted by atomic mass is 10.2. The molecule has 118 valence electrons. The molecule has 0 N–H and O–H groups in total. The first-order chi connectivity index (χ1) is 10.1. The van der Waals surface area contributed by atoms with E-state index in [-0.39, 0.29) is 28.4 Å². The second kappa shape index (κ2) is 6.63. The van der Waals surface area contributed by atoms with Crippen molar-refractivity contribution in [3.8, 4) is 0 Å². The van der Waals surface area contributed by atoms with E-state index < -0.39 is 4.92 Å². The minimum absolute atomic E-state index is 0. The number of rotatable bonds is 2. The SMILES string of the molecule is [Br-].[C-]#[N+]c1ccc(N2CC[N+]3(CCCC3)CC2)cc1[N+](=O)[O-]. The molecule has 2 fully saturated rings. The Morgan fingerprint density at radius 3 is 2.36 bits per heavy atom. The van der Waals surface area contributed by atoms with Crippen molar-refractivity contribution in [1.29, 1.82) is 0 Å². The molecule has 0 aliphatic carbocycles. The first kappa shape index (κ1) is 16.7. The van der Waals surface area contributed by atoms with Crippen molar-refractivity contribution in [2.45, 2.75) is 12.8 Å². The molecule has 7 heteroatoms. The summed E-state index contributed by atoms with van der Waals surface area (Å²) in [6.07, 6.45) is 2.65. The lowest BCUT2D eigenvalue weighted by Crippen LogP contribution is -3.00. The second-order valence-corrected chi connectivity index (χ2v) is 5.97. The van der Waals surface area contributed by atoms with Crippen LogP contribution >= 0.6 is 0 Å². The summed E-state index contributed by atoms with van der Waals surface area (Å²) in [6, 6.07) is 4.95. The standard InChI is InChI=1S/C15H19N4O2.BrH/c1-16-14-5-4-13(12-15(14)18(20)21)17-6-10-19(11-7-17)8-2-3-9-19;/h4-5,12H,2-3,6-11H2;1H/q+1;/p-1. The van der Waals surface area contributed by atoms with Gasteiger partial charge in [0.05, 0.1) is 50.8 Å². The number of hydrogen-bond donors (Lipinski definition) is 0. The predicted molar refractivity (Wildman–Crippen MR) is 80.5 cm³/mol. The van der Waals surface area contributed by atoms with E-state index in [4.69, 9.17) is 6.57 Å². The van der Waals surface area contributed by atoms with Crippen molar-refractivity contribution in [2.24, 2.45) is 0 Å². The zero-order chi connectivity index (χ0) is 14.9. The van der Waals surface area contributed by atoms with Gasteiger partial charge in [-0.25, -0.2) is 4.85 Å². The number of quaternary nitrogens is 1. The summed E-state index contributed by atoms with van der Waals surface area (Å²) in [5, 5.41) is 11.1. The number of anilines is 1. The maximum atomic E-state index is 11.1. The van der Waals surface area contributed by atoms with Gasteiger partial charge in [0.15, 0.2) is 0 Å². The van der Waals surface area contributed by atoms with Gasteiger partial charge in [-0.15, -0.1) is 0 Å². The fourth-order valence-electron chi connectivity index (χ4n) is 3.55. The summed E-state index contributed by atoms with van der Waals surface area (Å²) in [7, 11) is 0. The topological polar surface area (TPSA) is 50.7 Å². The van der Waals surface area contributed by atoms with Crippen LogP contribution in [0.3, 0.4) is 0 Å². The summed E-state index contributed by atoms with van der Waals surface area (Å²) in [5.74, 6) is 0. The number of piperazine rings is 1. The maximum absolute atomic E-state index is 11.1. The van der Waals surface area contributed by atoms with Gasteiger partial charge in [0.1, 0.15) is 0 Å². The highest BCUT2D eigenvalue weighted by Gasteiger charge is 2.36. The molecule has 1 aromatic rings. The average Bonchev–Trinajstić information content (AvgIpc) is 2.95. The van der Waals surface area contributed by atoms with E-state index in [0.717, 1.165) is 31.9 Å². The Morgan fingerprint density at radius 1 is 1.18 bits per heavy atom. The molecule has 0 unspecified atom stereocenters. The first-order valence-electron chi connectivity index (χ1n) is 7.39. The fourth-order valence-corrected chi connectivity index (χ4v) is 3.55. The van der Waals surface area contributed by atoms with Crippen molar-refractivity contribution < 1.29 is 26.4 Å². The number of halogens is 1. The number of hydrogen-bond acceptors (Lipinski definition) is 3. The van der Waals surface area contributed by atoms with Gasteiger partial charge >= 0.3 is 0 Å². The van der Waals surface area contributed by atoms with Gasteiger partial charge in [0, 0.05) is 24.6 Å². The molecule has 0 radical (unpaired) electrons. The van der Waals surface area contributed by atoms with E-state index in [0.29, 0.717) is 0 Å². The Morgan fingerprint density at radius 2 is 1.82 bits per heavy atom. The van der Waals surface area contributed by atoms with Crippen molar-refractivity contribution in [1.82, 2.24) is 0 Å². The molecule has 0 atom stereocenters. The molecule has 0 saturated carbocycles. The second-order valence-electron chi connectivity index (χ2n) is 5.97. The van der Waals surface area contributed by atoms with Crippen molar-refractivity contribution in [3.05, 3.63) is 39.7 Å². The highest BCUT2D eigenvalue weighted by molar-refractivity contribution is 5.69. The summed E-state index contributed by atoms with van der Waals surface area (Å²) < 4.78 is 1.22. The quantitative estimate of drug-likeness (QED) is 0.309. The summed E-state index contributed by atoms with van der Waals surface area (Å²) >= 11 is 0. The Kier molecular flexibility index (Phi) is 5.04. The zero-order valence-electron chi connectivity index (χ0n) is 12.4. The molecular formula is C15H19BrN4O2. The Balaban J connectivity index is 0.00000176. The van der Waals surface area contributed by atoms with Crippen LogP contribution in [0.1, 0.15) is 12.8 Å². The van der Waals surface area contributed by atoms with Gasteiger partial charge in [0.25, 0.3) is 11.4 Å². The molecule has 0 amide bonds. The molecular weight excluding hydrogens is 348 g/mol. The summed E-state index contributed by atoms with van der Waals surface area (Å²) in [6.45, 7) is 13.7. The van der Waals surface area contributed by atoms with Crippen LogP contribution in [0.5, 0.6) is 0 Å². The van der Waals surface area contributed by atoms with E-state index in [9.17, 15) is 10.1 Å². The Bertz CT molecular complexity index is 598. The molecule has 2 aliphatic heterocycles. The maximum Gasteiger partial charge on any atom is 0.281 e. The monoisotopic (exact) mass is 366 g/mol. The average molecular weight is 367 g/mol. The smallest absolute Gasteiger partial charge is 0.281 e. The van der Waals surface area contributed by atoms with Crippen molar-refractivity contribution in [2.75, 3.05) is 44.2 Å². The Hall–Kier alpha value is -1.65. The van der Waals surface area contributed by atoms with Crippen LogP contribution in [0.4, 0.5) is 17.1 Å². The number of benzene rings is 1. The van der Waals surface area contributed by atoms with Crippen LogP contribution in [0.15, 0.2) is 18.2 Å². The summed E-state index contributed by atoms with van der Waals surface area (Å²) in [5.41, 5.74) is 0.896. The van der Waals surface area contributed by atoms with Crippen LogP contribution in [0.2, 0.25) is 0 Å².